The van der Waals surface area contributed by atoms with Gasteiger partial charge in [0, 0.05) is 19.4 Å². The van der Waals surface area contributed by atoms with Crippen LogP contribution in [-0.2, 0) is 23.8 Å². The van der Waals surface area contributed by atoms with Gasteiger partial charge in [0.05, 0.1) is 6.61 Å². The van der Waals surface area contributed by atoms with E-state index in [1.807, 2.05) is 0 Å². The van der Waals surface area contributed by atoms with Crippen LogP contribution in [0.1, 0.15) is 201 Å². The summed E-state index contributed by atoms with van der Waals surface area (Å²) in [4.78, 5) is 25.5. The third-order valence-corrected chi connectivity index (χ3v) is 10.5. The molecule has 1 unspecified atom stereocenters. The smallest absolute Gasteiger partial charge is 0.306 e. The molecule has 0 amide bonds. The van der Waals surface area contributed by atoms with Gasteiger partial charge in [0.25, 0.3) is 0 Å². The van der Waals surface area contributed by atoms with E-state index in [1.165, 1.54) is 0 Å². The minimum atomic E-state index is -0.596. The maximum atomic E-state index is 12.8. The molecule has 380 valence electrons. The van der Waals surface area contributed by atoms with Gasteiger partial charge in [-0.05, 0) is 141 Å². The van der Waals surface area contributed by atoms with E-state index in [4.69, 9.17) is 14.2 Å². The molecule has 0 aromatic carbocycles. The normalized spacial score (nSPS) is 13.5. The molecular formula is C63H98O5. The molecule has 1 atom stereocenters. The van der Waals surface area contributed by atoms with Gasteiger partial charge in [-0.1, -0.05) is 204 Å². The van der Waals surface area contributed by atoms with Gasteiger partial charge in [0.2, 0.25) is 0 Å². The first-order chi connectivity index (χ1) is 33.6. The van der Waals surface area contributed by atoms with Crippen LogP contribution in [0.15, 0.2) is 158 Å². The van der Waals surface area contributed by atoms with Crippen molar-refractivity contribution in [2.45, 2.75) is 207 Å². The first-order valence-electron chi connectivity index (χ1n) is 27.0. The van der Waals surface area contributed by atoms with Crippen LogP contribution in [0.3, 0.4) is 0 Å². The lowest BCUT2D eigenvalue weighted by Gasteiger charge is -2.18. The molecule has 0 fully saturated rings. The van der Waals surface area contributed by atoms with E-state index in [2.05, 4.69) is 179 Å². The Kier molecular flexibility index (Phi) is 53.1. The molecule has 0 spiro atoms. The summed E-state index contributed by atoms with van der Waals surface area (Å²) in [7, 11) is 0. The van der Waals surface area contributed by atoms with Crippen molar-refractivity contribution in [1.82, 2.24) is 0 Å². The van der Waals surface area contributed by atoms with Crippen LogP contribution in [0.25, 0.3) is 0 Å². The maximum Gasteiger partial charge on any atom is 0.306 e. The van der Waals surface area contributed by atoms with Gasteiger partial charge in [-0.2, -0.15) is 0 Å². The van der Waals surface area contributed by atoms with Gasteiger partial charge in [-0.25, -0.2) is 0 Å². The molecule has 0 bridgehead atoms. The van der Waals surface area contributed by atoms with Crippen molar-refractivity contribution in [1.29, 1.82) is 0 Å². The van der Waals surface area contributed by atoms with Crippen LogP contribution in [0.2, 0.25) is 0 Å². The lowest BCUT2D eigenvalue weighted by molar-refractivity contribution is -0.163. The Bertz CT molecular complexity index is 1520. The van der Waals surface area contributed by atoms with Crippen molar-refractivity contribution < 1.29 is 23.8 Å². The van der Waals surface area contributed by atoms with Crippen molar-refractivity contribution in [3.05, 3.63) is 158 Å². The highest BCUT2D eigenvalue weighted by atomic mass is 16.6. The van der Waals surface area contributed by atoms with E-state index in [0.29, 0.717) is 19.4 Å². The summed E-state index contributed by atoms with van der Waals surface area (Å²) in [6.45, 7) is 7.31. The zero-order chi connectivity index (χ0) is 49.2. The number of allylic oxidation sites excluding steroid dienone is 26. The largest absolute Gasteiger partial charge is 0.462 e. The van der Waals surface area contributed by atoms with Gasteiger partial charge in [-0.3, -0.25) is 9.59 Å². The average Bonchev–Trinajstić information content (AvgIpc) is 3.34. The summed E-state index contributed by atoms with van der Waals surface area (Å²) < 4.78 is 17.4. The SMILES string of the molecule is CC/C=C\C/C=C\C/C=C\C/C=C\C/C=C\CCCCOCC(COC(=O)CCCCCC/C=C\C/C=C\C/C=C\C/C=C\CC)OC(=O)CCCCCC/C=C\C/C=C\C/C=C\C/C=C\CC. The van der Waals surface area contributed by atoms with E-state index in [0.717, 1.165) is 167 Å². The number of hydrogen-bond acceptors (Lipinski definition) is 5. The summed E-state index contributed by atoms with van der Waals surface area (Å²) in [5.74, 6) is -0.490. The predicted octanol–water partition coefficient (Wildman–Crippen LogP) is 18.7. The highest BCUT2D eigenvalue weighted by Crippen LogP contribution is 2.11. The third kappa shape index (κ3) is 54.1. The summed E-state index contributed by atoms with van der Waals surface area (Å²) in [6.07, 6.45) is 84.0. The number of unbranched alkanes of at least 4 members (excludes halogenated alkanes) is 10. The number of hydrogen-bond donors (Lipinski definition) is 0. The highest BCUT2D eigenvalue weighted by Gasteiger charge is 2.17. The Morgan fingerprint density at radius 1 is 0.324 bits per heavy atom. The molecule has 0 aliphatic carbocycles. The standard InChI is InChI=1S/C63H98O5/c1-4-7-10-13-16-19-22-25-28-31-34-37-40-43-46-49-52-55-58-66-59-61(68-63(65)57-54-51-48-45-42-39-36-33-30-27-24-21-18-15-12-9-6-3)60-67-62(64)56-53-50-47-44-41-38-35-32-29-26-23-20-17-14-11-8-5-2/h7-12,16-21,25-30,34-39,43,46,61H,4-6,13-15,22-24,31-33,40-42,44-45,47-60H2,1-3H3/b10-7-,11-8-,12-9-,19-16-,20-17-,21-18-,28-25-,29-26-,30-27-,37-34-,38-35-,39-36-,46-43-. The molecule has 0 saturated carbocycles. The van der Waals surface area contributed by atoms with Gasteiger partial charge in [-0.15, -0.1) is 0 Å². The van der Waals surface area contributed by atoms with E-state index in [9.17, 15) is 9.59 Å². The summed E-state index contributed by atoms with van der Waals surface area (Å²) in [6, 6.07) is 0. The average molecular weight is 935 g/mol. The van der Waals surface area contributed by atoms with Crippen molar-refractivity contribution in [2.24, 2.45) is 0 Å². The van der Waals surface area contributed by atoms with E-state index < -0.39 is 6.10 Å². The molecule has 68 heavy (non-hydrogen) atoms. The third-order valence-electron chi connectivity index (χ3n) is 10.5. The summed E-state index contributed by atoms with van der Waals surface area (Å²) in [5, 5.41) is 0. The van der Waals surface area contributed by atoms with Gasteiger partial charge in [0.1, 0.15) is 6.61 Å². The fraction of sp³-hybridized carbons (Fsp3) is 0.556. The Labute approximate surface area is 418 Å². The second kappa shape index (κ2) is 56.8. The summed E-state index contributed by atoms with van der Waals surface area (Å²) in [5.41, 5.74) is 0. The van der Waals surface area contributed by atoms with Crippen molar-refractivity contribution in [3.63, 3.8) is 0 Å². The lowest BCUT2D eigenvalue weighted by atomic mass is 10.1. The van der Waals surface area contributed by atoms with E-state index in [1.54, 1.807) is 0 Å². The Balaban J connectivity index is 4.50. The molecule has 0 radical (unpaired) electrons. The number of carbonyl (C=O) groups excluding carboxylic acids is 2. The quantitative estimate of drug-likeness (QED) is 0.0346. The van der Waals surface area contributed by atoms with E-state index >= 15 is 0 Å². The monoisotopic (exact) mass is 935 g/mol. The Hall–Kier alpha value is -4.48. The molecule has 0 saturated heterocycles. The van der Waals surface area contributed by atoms with E-state index in [-0.39, 0.29) is 25.2 Å². The van der Waals surface area contributed by atoms with Gasteiger partial charge >= 0.3 is 11.9 Å². The maximum absolute atomic E-state index is 12.8. The van der Waals surface area contributed by atoms with Gasteiger partial charge in [0.15, 0.2) is 6.10 Å². The fourth-order valence-corrected chi connectivity index (χ4v) is 6.63. The molecule has 5 nitrogen and oxygen atoms in total. The second-order valence-electron chi connectivity index (χ2n) is 17.0. The first-order valence-corrected chi connectivity index (χ1v) is 27.0. The molecular weight excluding hydrogens is 837 g/mol. The van der Waals surface area contributed by atoms with Crippen LogP contribution < -0.4 is 0 Å². The van der Waals surface area contributed by atoms with Crippen molar-refractivity contribution in [2.75, 3.05) is 19.8 Å². The minimum absolute atomic E-state index is 0.0330. The number of esters is 2. The molecule has 0 rings (SSSR count). The molecule has 5 heteroatoms. The molecule has 0 aromatic rings. The zero-order valence-corrected chi connectivity index (χ0v) is 43.6. The number of ether oxygens (including phenoxy) is 3. The topological polar surface area (TPSA) is 61.8 Å². The molecule has 0 aliphatic heterocycles. The Morgan fingerprint density at radius 3 is 0.971 bits per heavy atom. The highest BCUT2D eigenvalue weighted by molar-refractivity contribution is 5.70. The van der Waals surface area contributed by atoms with Crippen molar-refractivity contribution >= 4 is 11.9 Å². The predicted molar refractivity (Wildman–Crippen MR) is 297 cm³/mol. The van der Waals surface area contributed by atoms with Crippen LogP contribution >= 0.6 is 0 Å². The minimum Gasteiger partial charge on any atom is -0.462 e. The lowest BCUT2D eigenvalue weighted by Crippen LogP contribution is -2.30. The molecule has 0 heterocycles. The van der Waals surface area contributed by atoms with Crippen molar-refractivity contribution in [3.8, 4) is 0 Å². The molecule has 0 aromatic heterocycles. The van der Waals surface area contributed by atoms with Gasteiger partial charge < -0.3 is 14.2 Å². The summed E-state index contributed by atoms with van der Waals surface area (Å²) >= 11 is 0. The van der Waals surface area contributed by atoms with Crippen LogP contribution in [0.5, 0.6) is 0 Å². The number of carbonyl (C=O) groups is 2. The Morgan fingerprint density at radius 2 is 0.618 bits per heavy atom. The molecule has 0 N–H and O–H groups in total. The van der Waals surface area contributed by atoms with Crippen LogP contribution in [0, 0.1) is 0 Å². The van der Waals surface area contributed by atoms with Crippen LogP contribution in [0.4, 0.5) is 0 Å². The van der Waals surface area contributed by atoms with Crippen LogP contribution in [-0.4, -0.2) is 37.9 Å². The molecule has 0 aliphatic rings. The number of rotatable bonds is 47. The fourth-order valence-electron chi connectivity index (χ4n) is 6.63. The zero-order valence-electron chi connectivity index (χ0n) is 43.6. The second-order valence-corrected chi connectivity index (χ2v) is 17.0. The first kappa shape index (κ1) is 63.5.